The number of piperazine rings is 1. The summed E-state index contributed by atoms with van der Waals surface area (Å²) in [4.78, 5) is 37.4. The number of nitrogens with zero attached hydrogens (tertiary/aromatic N) is 6. The number of hydrogen-bond acceptors (Lipinski definition) is 6. The Hall–Kier alpha value is -4.60. The molecule has 3 heterocycles. The Morgan fingerprint density at radius 1 is 1.03 bits per heavy atom. The predicted molar refractivity (Wildman–Crippen MR) is 124 cm³/mol. The maximum Gasteiger partial charge on any atom is 0.416 e. The molecule has 2 N–H and O–H groups in total. The molecule has 0 saturated carbocycles. The second-order valence-corrected chi connectivity index (χ2v) is 8.01. The van der Waals surface area contributed by atoms with Gasteiger partial charge in [0.2, 0.25) is 5.82 Å². The van der Waals surface area contributed by atoms with Crippen LogP contribution in [-0.4, -0.2) is 57.6 Å². The van der Waals surface area contributed by atoms with Crippen LogP contribution in [0.1, 0.15) is 21.7 Å². The van der Waals surface area contributed by atoms with Crippen molar-refractivity contribution in [3.63, 3.8) is 0 Å². The van der Waals surface area contributed by atoms with Crippen LogP contribution in [0, 0.1) is 11.3 Å². The molecule has 0 spiro atoms. The van der Waals surface area contributed by atoms with E-state index in [1.807, 2.05) is 11.0 Å². The number of carbonyl (C=O) groups is 2. The molecule has 1 fully saturated rings. The molecule has 13 heteroatoms. The highest BCUT2D eigenvalue weighted by molar-refractivity contribution is 5.99. The molecule has 3 amide bonds. The normalized spacial score (nSPS) is 13.8. The molecule has 1 aliphatic rings. The SMILES string of the molecule is Cn1cc(NC(=O)Nc2ccc(C(F)(F)F)cc2)nc1C(=O)N1CCN(c2ccc(C#N)cn2)CC1. The van der Waals surface area contributed by atoms with Crippen LogP contribution in [0.2, 0.25) is 0 Å². The van der Waals surface area contributed by atoms with Crippen molar-refractivity contribution in [3.05, 3.63) is 65.7 Å². The number of amides is 3. The molecule has 3 aromatic rings. The molecule has 0 radical (unpaired) electrons. The third-order valence-corrected chi connectivity index (χ3v) is 5.55. The number of aromatic nitrogens is 3. The molecule has 0 atom stereocenters. The second kappa shape index (κ2) is 9.95. The Morgan fingerprint density at radius 2 is 1.72 bits per heavy atom. The smallest absolute Gasteiger partial charge is 0.353 e. The molecule has 0 aliphatic carbocycles. The van der Waals surface area contributed by atoms with E-state index in [9.17, 15) is 22.8 Å². The van der Waals surface area contributed by atoms with Crippen molar-refractivity contribution < 1.29 is 22.8 Å². The zero-order valence-corrected chi connectivity index (χ0v) is 19.1. The summed E-state index contributed by atoms with van der Waals surface area (Å²) >= 11 is 0. The maximum absolute atomic E-state index is 13.0. The number of hydrogen-bond donors (Lipinski definition) is 2. The average molecular weight is 498 g/mol. The second-order valence-electron chi connectivity index (χ2n) is 8.01. The van der Waals surface area contributed by atoms with Crippen LogP contribution in [-0.2, 0) is 13.2 Å². The molecule has 10 nitrogen and oxygen atoms in total. The number of rotatable bonds is 4. The summed E-state index contributed by atoms with van der Waals surface area (Å²) in [5.74, 6) is 0.667. The number of alkyl halides is 3. The summed E-state index contributed by atoms with van der Waals surface area (Å²) in [7, 11) is 1.62. The maximum atomic E-state index is 13.0. The number of imidazole rings is 1. The lowest BCUT2D eigenvalue weighted by molar-refractivity contribution is -0.137. The van der Waals surface area contributed by atoms with E-state index in [1.165, 1.54) is 17.0 Å². The lowest BCUT2D eigenvalue weighted by Gasteiger charge is -2.35. The molecule has 2 aromatic heterocycles. The zero-order chi connectivity index (χ0) is 25.9. The number of urea groups is 1. The quantitative estimate of drug-likeness (QED) is 0.570. The van der Waals surface area contributed by atoms with Crippen LogP contribution >= 0.6 is 0 Å². The van der Waals surface area contributed by atoms with Crippen molar-refractivity contribution in [3.8, 4) is 6.07 Å². The van der Waals surface area contributed by atoms with E-state index >= 15 is 0 Å². The Bertz CT molecular complexity index is 1290. The van der Waals surface area contributed by atoms with Gasteiger partial charge in [0, 0.05) is 51.3 Å². The van der Waals surface area contributed by atoms with E-state index < -0.39 is 17.8 Å². The predicted octanol–water partition coefficient (Wildman–Crippen LogP) is 3.31. The number of carbonyl (C=O) groups excluding carboxylic acids is 2. The van der Waals surface area contributed by atoms with Crippen molar-refractivity contribution in [1.29, 1.82) is 5.26 Å². The minimum absolute atomic E-state index is 0.116. The van der Waals surface area contributed by atoms with Gasteiger partial charge in [-0.1, -0.05) is 0 Å². The monoisotopic (exact) mass is 498 g/mol. The van der Waals surface area contributed by atoms with Gasteiger partial charge in [-0.05, 0) is 36.4 Å². The summed E-state index contributed by atoms with van der Waals surface area (Å²) < 4.78 is 39.5. The number of halogens is 3. The Kier molecular flexibility index (Phi) is 6.77. The van der Waals surface area contributed by atoms with E-state index in [4.69, 9.17) is 5.26 Å². The molecule has 4 rings (SSSR count). The van der Waals surface area contributed by atoms with Gasteiger partial charge in [0.05, 0.1) is 11.1 Å². The highest BCUT2D eigenvalue weighted by atomic mass is 19.4. The van der Waals surface area contributed by atoms with Gasteiger partial charge >= 0.3 is 12.2 Å². The number of anilines is 3. The average Bonchev–Trinajstić information content (AvgIpc) is 3.23. The first-order valence-corrected chi connectivity index (χ1v) is 10.8. The number of pyridine rings is 1. The fourth-order valence-electron chi connectivity index (χ4n) is 3.67. The van der Waals surface area contributed by atoms with Gasteiger partial charge in [0.1, 0.15) is 11.9 Å². The molecule has 0 bridgehead atoms. The highest BCUT2D eigenvalue weighted by Gasteiger charge is 2.30. The summed E-state index contributed by atoms with van der Waals surface area (Å²) in [5, 5.41) is 13.8. The van der Waals surface area contributed by atoms with Crippen LogP contribution in [0.4, 0.5) is 35.3 Å². The van der Waals surface area contributed by atoms with Crippen molar-refractivity contribution in [2.45, 2.75) is 6.18 Å². The first kappa shape index (κ1) is 24.5. The molecule has 36 heavy (non-hydrogen) atoms. The van der Waals surface area contributed by atoms with Gasteiger partial charge in [0.25, 0.3) is 5.91 Å². The van der Waals surface area contributed by atoms with Gasteiger partial charge in [-0.15, -0.1) is 0 Å². The molecule has 1 saturated heterocycles. The Morgan fingerprint density at radius 3 is 2.31 bits per heavy atom. The molecular formula is C23H21F3N8O2. The lowest BCUT2D eigenvalue weighted by Crippen LogP contribution is -2.49. The number of nitrogens with one attached hydrogen (secondary N) is 2. The number of benzene rings is 1. The summed E-state index contributed by atoms with van der Waals surface area (Å²) in [5.41, 5.74) is -0.183. The number of nitriles is 1. The molecule has 1 aliphatic heterocycles. The summed E-state index contributed by atoms with van der Waals surface area (Å²) in [6, 6.07) is 8.78. The fraction of sp³-hybridized carbons (Fsp3) is 0.261. The Balaban J connectivity index is 1.33. The standard InChI is InChI=1S/C23H21F3N8O2/c1-32-14-18(31-22(36)29-17-5-3-16(4-6-17)23(24,25)26)30-20(32)21(35)34-10-8-33(9-11-34)19-7-2-15(12-27)13-28-19/h2-7,13-14H,8-11H2,1H3,(H2,29,31,36). The van der Waals surface area contributed by atoms with E-state index in [0.717, 1.165) is 30.1 Å². The third-order valence-electron chi connectivity index (χ3n) is 5.55. The summed E-state index contributed by atoms with van der Waals surface area (Å²) in [6.07, 6.45) is -1.50. The molecule has 0 unspecified atom stereocenters. The molecular weight excluding hydrogens is 477 g/mol. The van der Waals surface area contributed by atoms with Crippen molar-refractivity contribution >= 4 is 29.3 Å². The van der Waals surface area contributed by atoms with Crippen LogP contribution in [0.5, 0.6) is 0 Å². The highest BCUT2D eigenvalue weighted by Crippen LogP contribution is 2.29. The van der Waals surface area contributed by atoms with Gasteiger partial charge in [0.15, 0.2) is 5.82 Å². The van der Waals surface area contributed by atoms with Gasteiger partial charge < -0.3 is 19.7 Å². The van der Waals surface area contributed by atoms with Crippen molar-refractivity contribution in [2.75, 3.05) is 41.7 Å². The van der Waals surface area contributed by atoms with E-state index in [0.29, 0.717) is 31.7 Å². The zero-order valence-electron chi connectivity index (χ0n) is 19.1. The minimum Gasteiger partial charge on any atom is -0.353 e. The van der Waals surface area contributed by atoms with Crippen LogP contribution in [0.25, 0.3) is 0 Å². The molecule has 186 valence electrons. The van der Waals surface area contributed by atoms with Gasteiger partial charge in [-0.3, -0.25) is 10.1 Å². The van der Waals surface area contributed by atoms with Crippen LogP contribution in [0.3, 0.4) is 0 Å². The first-order chi connectivity index (χ1) is 17.1. The van der Waals surface area contributed by atoms with E-state index in [1.54, 1.807) is 24.1 Å². The first-order valence-electron chi connectivity index (χ1n) is 10.8. The van der Waals surface area contributed by atoms with E-state index in [-0.39, 0.29) is 23.2 Å². The van der Waals surface area contributed by atoms with Crippen LogP contribution < -0.4 is 15.5 Å². The summed E-state index contributed by atoms with van der Waals surface area (Å²) in [6.45, 7) is 1.97. The fourth-order valence-corrected chi connectivity index (χ4v) is 3.67. The van der Waals surface area contributed by atoms with E-state index in [2.05, 4.69) is 20.6 Å². The van der Waals surface area contributed by atoms with Crippen molar-refractivity contribution in [2.24, 2.45) is 7.05 Å². The van der Waals surface area contributed by atoms with Crippen LogP contribution in [0.15, 0.2) is 48.8 Å². The number of aryl methyl sites for hydroxylation is 1. The largest absolute Gasteiger partial charge is 0.416 e. The third kappa shape index (κ3) is 5.54. The Labute approximate surface area is 204 Å². The lowest BCUT2D eigenvalue weighted by atomic mass is 10.2. The van der Waals surface area contributed by atoms with Gasteiger partial charge in [-0.25, -0.2) is 14.8 Å². The van der Waals surface area contributed by atoms with Crippen molar-refractivity contribution in [1.82, 2.24) is 19.4 Å². The van der Waals surface area contributed by atoms with Gasteiger partial charge in [-0.2, -0.15) is 18.4 Å². The molecule has 1 aromatic carbocycles. The topological polar surface area (TPSA) is 119 Å². The minimum atomic E-state index is -4.47.